The number of amides is 2. The number of hydrogen-bond acceptors (Lipinski definition) is 12. The van der Waals surface area contributed by atoms with Crippen molar-refractivity contribution in [1.82, 2.24) is 10.6 Å². The maximum Gasteiger partial charge on any atom is 0.407 e. The lowest BCUT2D eigenvalue weighted by molar-refractivity contribution is -0.235. The zero-order valence-electron chi connectivity index (χ0n) is 54.0. The molecule has 7 rings (SSSR count). The molecule has 0 atom stereocenters. The first-order valence-corrected chi connectivity index (χ1v) is 90.9. The fourth-order valence-electron chi connectivity index (χ4n) is 8.02. The third-order valence-electron chi connectivity index (χ3n) is 13.3. The van der Waals surface area contributed by atoms with E-state index in [1.807, 2.05) is 134 Å². The van der Waals surface area contributed by atoms with Gasteiger partial charge in [-0.25, -0.2) is 9.59 Å². The maximum absolute atomic E-state index is 12.6. The topological polar surface area (TPSA) is 142 Å². The molecule has 602 valence electrons. The summed E-state index contributed by atoms with van der Waals surface area (Å²) < 4.78 is 29.1. The molecule has 0 unspecified atom stereocenters. The molecule has 0 spiro atoms. The summed E-state index contributed by atoms with van der Waals surface area (Å²) in [5, 5.41) is 14.4. The van der Waals surface area contributed by atoms with Gasteiger partial charge in [-0.3, -0.25) is 4.79 Å². The molecule has 11 nitrogen and oxygen atoms in total. The monoisotopic (exact) mass is 2360 g/mol. The van der Waals surface area contributed by atoms with E-state index >= 15 is 0 Å². The first-order chi connectivity index (χ1) is 52.5. The van der Waals surface area contributed by atoms with Gasteiger partial charge in [0, 0.05) is 491 Å². The van der Waals surface area contributed by atoms with Crippen molar-refractivity contribution in [3.05, 3.63) is 130 Å². The van der Waals surface area contributed by atoms with Crippen molar-refractivity contribution in [2.24, 2.45) is 10.8 Å². The molecule has 4 aromatic carbocycles. The Kier molecular flexibility index (Phi) is 69.9. The van der Waals surface area contributed by atoms with Crippen LogP contribution in [-0.4, -0.2) is 69.2 Å². The second kappa shape index (κ2) is 71.2. The summed E-state index contributed by atoms with van der Waals surface area (Å²) in [6, 6.07) is 30.3. The Morgan fingerprint density at radius 3 is 0.888 bits per heavy atom. The molecule has 2 fully saturated rings. The van der Waals surface area contributed by atoms with Crippen molar-refractivity contribution < 1.29 is 43.2 Å². The lowest BCUT2D eigenvalue weighted by atomic mass is 9.83. The lowest BCUT2D eigenvalue weighted by Crippen LogP contribution is -2.37. The van der Waals surface area contributed by atoms with Gasteiger partial charge in [0.05, 0.1) is 32.0 Å². The predicted molar refractivity (Wildman–Crippen MR) is 581 cm³/mol. The molecule has 0 aromatic heterocycles. The molecule has 1 aliphatic carbocycles. The highest BCUT2D eigenvalue weighted by Crippen LogP contribution is 2.44. The van der Waals surface area contributed by atoms with Crippen molar-refractivity contribution >= 4 is 462 Å². The molecule has 2 saturated heterocycles. The molecule has 0 bridgehead atoms. The van der Waals surface area contributed by atoms with Crippen LogP contribution in [0.25, 0.3) is 11.1 Å². The van der Waals surface area contributed by atoms with Crippen LogP contribution < -0.4 is 10.6 Å². The van der Waals surface area contributed by atoms with Gasteiger partial charge in [-0.2, -0.15) is 0 Å². The van der Waals surface area contributed by atoms with Gasteiger partial charge in [-0.05, 0) is 72.2 Å². The number of carboxylic acid groups (broad SMARTS) is 1. The SMILES string of the molecule is CCC1(CC)COC(c2ccc(C(=O)NCCNC(=O)OCC3c4ccccc4-c4ccccc43)cc2)OC1.CCC1(CC)COC(c2ccc(C(=O)O)cc2)OC1.S=S=S=S=S=S=S=S=S=S=S=S=S=S=S=S=S=S=S=S=S=S=S=S.S=S=S=S=S=S=S=S=S=S=S=S=S=S=S=S=S=S=S=S=S=S=S=S=S. The van der Waals surface area contributed by atoms with Crippen molar-refractivity contribution in [1.29, 1.82) is 0 Å². The predicted octanol–water partition coefficient (Wildman–Crippen LogP) is 8.93. The van der Waals surface area contributed by atoms with Gasteiger partial charge < -0.3 is 39.4 Å². The number of ether oxygens (including phenoxy) is 5. The van der Waals surface area contributed by atoms with Crippen molar-refractivity contribution in [3.63, 3.8) is 0 Å². The van der Waals surface area contributed by atoms with Crippen LogP contribution in [0.15, 0.2) is 97.1 Å². The first kappa shape index (κ1) is 105. The summed E-state index contributed by atoms with van der Waals surface area (Å²) in [5.74, 6) is -1.12. The third-order valence-corrected chi connectivity index (χ3v) is 109. The number of carbonyl (C=O) groups excluding carboxylic acids is 2. The van der Waals surface area contributed by atoms with Crippen molar-refractivity contribution in [2.45, 2.75) is 71.9 Å². The van der Waals surface area contributed by atoms with E-state index in [-0.39, 0.29) is 54.2 Å². The van der Waals surface area contributed by atoms with Gasteiger partial charge in [0.2, 0.25) is 0 Å². The first-order valence-electron chi connectivity index (χ1n) is 28.2. The van der Waals surface area contributed by atoms with Crippen LogP contribution >= 0.6 is 0 Å². The Labute approximate surface area is 770 Å². The van der Waals surface area contributed by atoms with Crippen LogP contribution in [0.3, 0.4) is 0 Å². The molecule has 2 aliphatic heterocycles. The molecular formula is C47H56N2O9S49. The van der Waals surface area contributed by atoms with Crippen LogP contribution in [0.4, 0.5) is 4.79 Å². The van der Waals surface area contributed by atoms with E-state index in [4.69, 9.17) is 73.5 Å². The minimum Gasteiger partial charge on any atom is -0.478 e. The number of fused-ring (bicyclic) bond motifs is 3. The van der Waals surface area contributed by atoms with Gasteiger partial charge in [0.25, 0.3) is 5.91 Å². The molecule has 107 heavy (non-hydrogen) atoms. The highest BCUT2D eigenvalue weighted by Gasteiger charge is 2.36. The summed E-state index contributed by atoms with van der Waals surface area (Å²) in [6.07, 6.45) is 2.82. The van der Waals surface area contributed by atoms with Crippen molar-refractivity contribution in [3.8, 4) is 11.1 Å². The lowest BCUT2D eigenvalue weighted by Gasteiger charge is -2.39. The van der Waals surface area contributed by atoms with E-state index in [1.165, 1.54) is 57.8 Å². The highest BCUT2D eigenvalue weighted by molar-refractivity contribution is 8.81. The fourth-order valence-corrected chi connectivity index (χ4v) is 121. The molecule has 2 heterocycles. The van der Waals surface area contributed by atoms with Crippen LogP contribution in [0, 0.1) is 10.8 Å². The van der Waals surface area contributed by atoms with E-state index in [0.29, 0.717) is 32.0 Å². The molecule has 60 heteroatoms. The molecule has 0 saturated carbocycles. The summed E-state index contributed by atoms with van der Waals surface area (Å²) >= 11 is 19.1. The molecule has 3 N–H and O–H groups in total. The Morgan fingerprint density at radius 1 is 0.374 bits per heavy atom. The normalized spacial score (nSPS) is 12.8. The third kappa shape index (κ3) is 48.4. The van der Waals surface area contributed by atoms with Crippen LogP contribution in [0.2, 0.25) is 0 Å². The summed E-state index contributed by atoms with van der Waals surface area (Å²) in [6.45, 7) is 12.1. The maximum atomic E-state index is 12.6. The van der Waals surface area contributed by atoms with E-state index < -0.39 is 18.4 Å². The number of nitrogens with one attached hydrogen (secondary N) is 2. The smallest absolute Gasteiger partial charge is 0.407 e. The number of aromatic carboxylic acids is 1. The van der Waals surface area contributed by atoms with E-state index in [2.05, 4.69) is 62.6 Å². The number of alkyl carbamates (subject to hydrolysis) is 1. The summed E-state index contributed by atoms with van der Waals surface area (Å²) in [7, 11) is 78.1. The minimum atomic E-state index is -0.923. The van der Waals surface area contributed by atoms with Gasteiger partial charge in [-0.1, -0.05) is 100 Å². The number of carbonyl (C=O) groups is 3. The van der Waals surface area contributed by atoms with Crippen LogP contribution in [0.5, 0.6) is 0 Å². The molecular weight excluding hydrogens is 2310 g/mol. The zero-order chi connectivity index (χ0) is 76.9. The minimum absolute atomic E-state index is 0.0102. The second-order valence-electron chi connectivity index (χ2n) is 18.4. The zero-order valence-corrected chi connectivity index (χ0v) is 94.0. The quantitative estimate of drug-likeness (QED) is 0.110. The van der Waals surface area contributed by atoms with E-state index in [0.717, 1.165) is 36.8 Å². The van der Waals surface area contributed by atoms with Crippen LogP contribution in [0.1, 0.15) is 115 Å². The highest BCUT2D eigenvalue weighted by atomic mass is 33.5. The van der Waals surface area contributed by atoms with Gasteiger partial charge in [0.15, 0.2) is 12.6 Å². The van der Waals surface area contributed by atoms with Gasteiger partial charge >= 0.3 is 12.1 Å². The van der Waals surface area contributed by atoms with Gasteiger partial charge in [0.1, 0.15) is 6.61 Å². The Hall–Kier alpha value is 5.71. The molecule has 4 aromatic rings. The number of hydrogen-bond donors (Lipinski definition) is 3. The number of benzene rings is 4. The fraction of sp³-hybridized carbons (Fsp3) is 0.426. The average Bonchev–Trinajstić information content (AvgIpc) is 1.62. The molecule has 0 radical (unpaired) electrons. The summed E-state index contributed by atoms with van der Waals surface area (Å²) in [4.78, 5) is 35.7. The standard InChI is InChI=1S/C32H36N2O5.C15H20O4.S25.S24/c1-3-32(4-2)20-38-30(39-21-32)23-15-13-22(14-16-23)29(35)33-17-18-34-31(36)37-19-28-26-11-7-5-9-24(26)25-10-6-8-12-27(25)28;1-3-15(4-2)9-18-14(19-10-15)12-7-5-11(6-8-12)13(16)17;1-3-5-7-9-11-13-15-17-19-21-23-25-24-22-20-18-16-14-12-10-8-6-4-2;1-3-5-7-9-11-13-15-17-19-21-23-24-22-20-18-16-14-12-10-8-6-4-2/h5-16,28,30H,3-4,17-21H2,1-2H3,(H,33,35)(H,34,36);5-8,14H,3-4,9-10H2,1-2H3,(H,16,17);;. The average molecular weight is 2360 g/mol. The Balaban J connectivity index is 0.000000314. The summed E-state index contributed by atoms with van der Waals surface area (Å²) in [5.41, 5.74) is 7.49. The largest absolute Gasteiger partial charge is 0.478 e. The van der Waals surface area contributed by atoms with E-state index in [1.54, 1.807) is 303 Å². The van der Waals surface area contributed by atoms with Crippen LogP contribution in [-0.2, 0) is 468 Å². The number of rotatable bonds is 13. The second-order valence-corrected chi connectivity index (χ2v) is 98.0. The Morgan fingerprint density at radius 2 is 0.626 bits per heavy atom. The van der Waals surface area contributed by atoms with Crippen molar-refractivity contribution in [2.75, 3.05) is 46.1 Å². The molecule has 2 amide bonds. The van der Waals surface area contributed by atoms with Gasteiger partial charge in [-0.15, -0.1) is 0 Å². The molecule has 3 aliphatic rings. The number of carboxylic acids is 1. The van der Waals surface area contributed by atoms with E-state index in [9.17, 15) is 14.4 Å². The Bertz CT molecular complexity index is 5720.